The third-order valence-electron chi connectivity index (χ3n) is 4.56. The summed E-state index contributed by atoms with van der Waals surface area (Å²) in [6, 6.07) is 13.6. The van der Waals surface area contributed by atoms with E-state index in [1.165, 1.54) is 11.3 Å². The quantitative estimate of drug-likeness (QED) is 0.295. The monoisotopic (exact) mass is 466 g/mol. The summed E-state index contributed by atoms with van der Waals surface area (Å²) in [4.78, 5) is 40.7. The predicted octanol–water partition coefficient (Wildman–Crippen LogP) is 5.23. The van der Waals surface area contributed by atoms with E-state index >= 15 is 0 Å². The zero-order valence-corrected chi connectivity index (χ0v) is 19.3. The Morgan fingerprint density at radius 1 is 0.939 bits per heavy atom. The fraction of sp³-hybridized carbons (Fsp3) is 0.250. The van der Waals surface area contributed by atoms with E-state index in [0.717, 1.165) is 18.4 Å². The summed E-state index contributed by atoms with van der Waals surface area (Å²) in [5, 5.41) is 10.3. The van der Waals surface area contributed by atoms with Crippen LogP contribution in [0.5, 0.6) is 0 Å². The second-order valence-electron chi connectivity index (χ2n) is 7.38. The van der Waals surface area contributed by atoms with Crippen LogP contribution in [0, 0.1) is 6.92 Å². The minimum Gasteiger partial charge on any atom is -0.462 e. The molecule has 2 aromatic carbocycles. The van der Waals surface area contributed by atoms with E-state index in [0.29, 0.717) is 34.4 Å². The van der Waals surface area contributed by atoms with Gasteiger partial charge in [-0.2, -0.15) is 0 Å². The first-order valence-electron chi connectivity index (χ1n) is 10.6. The molecule has 0 unspecified atom stereocenters. The molecule has 3 N–H and O–H groups in total. The lowest BCUT2D eigenvalue weighted by molar-refractivity contribution is -0.115. The summed E-state index contributed by atoms with van der Waals surface area (Å²) in [5.41, 5.74) is 3.32. The lowest BCUT2D eigenvalue weighted by Crippen LogP contribution is -2.19. The molecule has 3 amide bonds. The van der Waals surface area contributed by atoms with Gasteiger partial charge in [0.1, 0.15) is 0 Å². The van der Waals surface area contributed by atoms with Gasteiger partial charge in [-0.1, -0.05) is 31.0 Å². The van der Waals surface area contributed by atoms with E-state index in [-0.39, 0.29) is 18.3 Å². The Labute approximate surface area is 196 Å². The molecule has 0 radical (unpaired) electrons. The van der Waals surface area contributed by atoms with Crippen molar-refractivity contribution >= 4 is 45.8 Å². The van der Waals surface area contributed by atoms with Crippen molar-refractivity contribution in [2.45, 2.75) is 33.1 Å². The summed E-state index contributed by atoms with van der Waals surface area (Å²) < 4.78 is 5.17. The van der Waals surface area contributed by atoms with Gasteiger partial charge in [0, 0.05) is 16.8 Å². The van der Waals surface area contributed by atoms with Gasteiger partial charge in [0.2, 0.25) is 5.91 Å². The topological polar surface area (TPSA) is 109 Å². The van der Waals surface area contributed by atoms with Crippen molar-refractivity contribution < 1.29 is 19.1 Å². The first-order chi connectivity index (χ1) is 15.9. The highest BCUT2D eigenvalue weighted by Crippen LogP contribution is 2.18. The predicted molar refractivity (Wildman–Crippen MR) is 130 cm³/mol. The van der Waals surface area contributed by atoms with Crippen molar-refractivity contribution in [1.29, 1.82) is 0 Å². The number of ether oxygens (including phenoxy) is 1. The lowest BCUT2D eigenvalue weighted by atomic mass is 10.2. The molecule has 0 aliphatic rings. The van der Waals surface area contributed by atoms with Crippen LogP contribution >= 0.6 is 11.3 Å². The number of urea groups is 1. The number of benzene rings is 2. The Bertz CT molecular complexity index is 1090. The van der Waals surface area contributed by atoms with Gasteiger partial charge < -0.3 is 15.4 Å². The maximum Gasteiger partial charge on any atom is 0.338 e. The fourth-order valence-corrected chi connectivity index (χ4v) is 3.50. The Balaban J connectivity index is 1.46. The van der Waals surface area contributed by atoms with Gasteiger partial charge >= 0.3 is 12.0 Å². The number of nitrogens with one attached hydrogen (secondary N) is 3. The van der Waals surface area contributed by atoms with Gasteiger partial charge in [0.25, 0.3) is 0 Å². The molecule has 0 atom stereocenters. The third-order valence-corrected chi connectivity index (χ3v) is 5.37. The zero-order valence-electron chi connectivity index (χ0n) is 18.5. The van der Waals surface area contributed by atoms with Crippen molar-refractivity contribution in [3.8, 4) is 0 Å². The summed E-state index contributed by atoms with van der Waals surface area (Å²) >= 11 is 1.24. The van der Waals surface area contributed by atoms with Crippen LogP contribution in [0.25, 0.3) is 0 Å². The highest BCUT2D eigenvalue weighted by atomic mass is 32.1. The minimum absolute atomic E-state index is 0.0541. The van der Waals surface area contributed by atoms with Crippen molar-refractivity contribution in [3.05, 3.63) is 70.7 Å². The number of amides is 3. The van der Waals surface area contributed by atoms with E-state index in [1.54, 1.807) is 29.6 Å². The summed E-state index contributed by atoms with van der Waals surface area (Å²) in [5.74, 6) is -0.635. The first-order valence-corrected chi connectivity index (χ1v) is 11.5. The SMILES string of the molecule is CCCCOC(=O)c1ccc(NC(=O)Cc2csc(NC(=O)Nc3ccc(C)cc3)n2)cc1. The number of esters is 1. The molecule has 3 rings (SSSR count). The third kappa shape index (κ3) is 7.73. The van der Waals surface area contributed by atoms with Crippen LogP contribution in [0.4, 0.5) is 21.3 Å². The molecule has 33 heavy (non-hydrogen) atoms. The smallest absolute Gasteiger partial charge is 0.338 e. The van der Waals surface area contributed by atoms with Gasteiger partial charge in [-0.3, -0.25) is 10.1 Å². The van der Waals surface area contributed by atoms with Crippen LogP contribution < -0.4 is 16.0 Å². The molecular weight excluding hydrogens is 440 g/mol. The molecule has 3 aromatic rings. The molecule has 0 saturated heterocycles. The maximum absolute atomic E-state index is 12.3. The van der Waals surface area contributed by atoms with Gasteiger partial charge in [0.15, 0.2) is 5.13 Å². The second-order valence-corrected chi connectivity index (χ2v) is 8.24. The number of aryl methyl sites for hydroxylation is 1. The van der Waals surface area contributed by atoms with Gasteiger partial charge in [-0.25, -0.2) is 14.6 Å². The van der Waals surface area contributed by atoms with E-state index in [4.69, 9.17) is 4.74 Å². The molecule has 8 nitrogen and oxygen atoms in total. The standard InChI is InChI=1S/C24H26N4O4S/c1-3-4-13-32-22(30)17-7-11-18(12-8-17)25-21(29)14-20-15-33-24(27-20)28-23(31)26-19-9-5-16(2)6-10-19/h5-12,15H,3-4,13-14H2,1-2H3,(H,25,29)(H2,26,27,28,31). The van der Waals surface area contributed by atoms with Crippen LogP contribution in [0.2, 0.25) is 0 Å². The molecule has 1 aromatic heterocycles. The van der Waals surface area contributed by atoms with Crippen molar-refractivity contribution in [1.82, 2.24) is 4.98 Å². The van der Waals surface area contributed by atoms with Crippen LogP contribution in [0.3, 0.4) is 0 Å². The number of carbonyl (C=O) groups excluding carboxylic acids is 3. The van der Waals surface area contributed by atoms with E-state index < -0.39 is 6.03 Å². The maximum atomic E-state index is 12.3. The molecular formula is C24H26N4O4S. The average molecular weight is 467 g/mol. The Morgan fingerprint density at radius 3 is 2.30 bits per heavy atom. The molecule has 9 heteroatoms. The van der Waals surface area contributed by atoms with E-state index in [9.17, 15) is 14.4 Å². The highest BCUT2D eigenvalue weighted by molar-refractivity contribution is 7.14. The number of rotatable bonds is 9. The molecule has 0 spiro atoms. The number of hydrogen-bond acceptors (Lipinski definition) is 6. The number of unbranched alkanes of at least 4 members (excludes halogenated alkanes) is 1. The van der Waals surface area contributed by atoms with E-state index in [2.05, 4.69) is 20.9 Å². The summed E-state index contributed by atoms with van der Waals surface area (Å²) in [6.45, 7) is 4.39. The number of carbonyl (C=O) groups is 3. The second kappa shape index (κ2) is 11.8. The lowest BCUT2D eigenvalue weighted by Gasteiger charge is -2.07. The van der Waals surface area contributed by atoms with Crippen molar-refractivity contribution in [3.63, 3.8) is 0 Å². The molecule has 0 bridgehead atoms. The number of hydrogen-bond donors (Lipinski definition) is 3. The number of thiazole rings is 1. The number of aromatic nitrogens is 1. The summed E-state index contributed by atoms with van der Waals surface area (Å²) in [6.07, 6.45) is 1.83. The van der Waals surface area contributed by atoms with Gasteiger partial charge in [0.05, 0.1) is 24.3 Å². The largest absolute Gasteiger partial charge is 0.462 e. The molecule has 172 valence electrons. The number of nitrogens with zero attached hydrogens (tertiary/aromatic N) is 1. The normalized spacial score (nSPS) is 10.4. The van der Waals surface area contributed by atoms with Crippen molar-refractivity contribution in [2.24, 2.45) is 0 Å². The van der Waals surface area contributed by atoms with Gasteiger partial charge in [-0.15, -0.1) is 11.3 Å². The fourth-order valence-electron chi connectivity index (χ4n) is 2.79. The molecule has 0 fully saturated rings. The highest BCUT2D eigenvalue weighted by Gasteiger charge is 2.12. The molecule has 0 aliphatic heterocycles. The molecule has 0 aliphatic carbocycles. The van der Waals surface area contributed by atoms with Gasteiger partial charge in [-0.05, 0) is 49.7 Å². The van der Waals surface area contributed by atoms with Crippen LogP contribution in [-0.4, -0.2) is 29.5 Å². The van der Waals surface area contributed by atoms with Crippen LogP contribution in [-0.2, 0) is 16.0 Å². The molecule has 0 saturated carbocycles. The Hall–Kier alpha value is -3.72. The minimum atomic E-state index is -0.405. The summed E-state index contributed by atoms with van der Waals surface area (Å²) in [7, 11) is 0. The molecule has 1 heterocycles. The first kappa shape index (κ1) is 23.9. The Morgan fingerprint density at radius 2 is 1.61 bits per heavy atom. The van der Waals surface area contributed by atoms with E-state index in [1.807, 2.05) is 38.1 Å². The zero-order chi connectivity index (χ0) is 23.6. The average Bonchev–Trinajstić information content (AvgIpc) is 3.22. The van der Waals surface area contributed by atoms with Crippen molar-refractivity contribution in [2.75, 3.05) is 22.6 Å². The van der Waals surface area contributed by atoms with Crippen LogP contribution in [0.1, 0.15) is 41.4 Å². The Kier molecular flexibility index (Phi) is 8.54. The van der Waals surface area contributed by atoms with Crippen LogP contribution in [0.15, 0.2) is 53.9 Å². The number of anilines is 3.